The monoisotopic (exact) mass is 370 g/mol. The molecule has 1 aromatic heterocycles. The molecule has 0 aliphatic carbocycles. The number of hydrogen-bond acceptors (Lipinski definition) is 3. The molecular formula is C21H28BFN2O2. The van der Waals surface area contributed by atoms with Crippen molar-refractivity contribution in [1.29, 1.82) is 0 Å². The Labute approximate surface area is 161 Å². The summed E-state index contributed by atoms with van der Waals surface area (Å²) in [5, 5.41) is 4.68. The first-order chi connectivity index (χ1) is 12.6. The predicted octanol–water partition coefficient (Wildman–Crippen LogP) is 5.15. The van der Waals surface area contributed by atoms with Gasteiger partial charge in [-0.05, 0) is 39.7 Å². The maximum Gasteiger partial charge on any atom is 0.525 e. The lowest BCUT2D eigenvalue weighted by molar-refractivity contribution is 0.00578. The van der Waals surface area contributed by atoms with Crippen molar-refractivity contribution in [3.8, 4) is 11.3 Å². The molecule has 3 rings (SSSR count). The van der Waals surface area contributed by atoms with Crippen LogP contribution in [0.4, 0.5) is 4.39 Å². The highest BCUT2D eigenvalue weighted by atomic mass is 19.1. The molecule has 0 radical (unpaired) electrons. The fourth-order valence-corrected chi connectivity index (χ4v) is 3.00. The molecule has 1 aliphatic heterocycles. The van der Waals surface area contributed by atoms with E-state index >= 15 is 4.39 Å². The summed E-state index contributed by atoms with van der Waals surface area (Å²) < 4.78 is 28.5. The summed E-state index contributed by atoms with van der Waals surface area (Å²) in [6.07, 6.45) is 3.36. The highest BCUT2D eigenvalue weighted by molar-refractivity contribution is 6.54. The second-order valence-electron chi connectivity index (χ2n) is 8.53. The molecule has 27 heavy (non-hydrogen) atoms. The lowest BCUT2D eigenvalue weighted by atomic mass is 9.86. The van der Waals surface area contributed by atoms with E-state index in [0.717, 1.165) is 17.8 Å². The quantitative estimate of drug-likeness (QED) is 0.683. The van der Waals surface area contributed by atoms with Gasteiger partial charge in [-0.15, -0.1) is 0 Å². The van der Waals surface area contributed by atoms with E-state index in [0.29, 0.717) is 11.5 Å². The van der Waals surface area contributed by atoms with Gasteiger partial charge in [0, 0.05) is 23.9 Å². The normalized spacial score (nSPS) is 19.1. The van der Waals surface area contributed by atoms with Gasteiger partial charge >= 0.3 is 7.12 Å². The Morgan fingerprint density at radius 2 is 1.74 bits per heavy atom. The van der Waals surface area contributed by atoms with Gasteiger partial charge in [0.15, 0.2) is 0 Å². The Bertz CT molecular complexity index is 812. The topological polar surface area (TPSA) is 36.3 Å². The van der Waals surface area contributed by atoms with E-state index in [1.54, 1.807) is 0 Å². The third kappa shape index (κ3) is 4.17. The SMILES string of the molecule is CC(C)Cn1cc(C=C(F)B2OC(C)(C)C(C)(C)O2)c(-c2ccccc2)n1. The van der Waals surface area contributed by atoms with Gasteiger partial charge in [0.2, 0.25) is 0 Å². The van der Waals surface area contributed by atoms with Crippen molar-refractivity contribution in [2.75, 3.05) is 0 Å². The molecule has 1 aromatic carbocycles. The van der Waals surface area contributed by atoms with Gasteiger partial charge < -0.3 is 9.31 Å². The first kappa shape index (κ1) is 19.8. The van der Waals surface area contributed by atoms with E-state index in [9.17, 15) is 0 Å². The largest absolute Gasteiger partial charge is 0.525 e. The summed E-state index contributed by atoms with van der Waals surface area (Å²) >= 11 is 0. The van der Waals surface area contributed by atoms with Crippen molar-refractivity contribution < 1.29 is 13.7 Å². The van der Waals surface area contributed by atoms with Crippen molar-refractivity contribution in [3.63, 3.8) is 0 Å². The van der Waals surface area contributed by atoms with Crippen LogP contribution in [0.15, 0.2) is 42.3 Å². The number of hydrogen-bond donors (Lipinski definition) is 0. The molecule has 0 amide bonds. The van der Waals surface area contributed by atoms with Crippen LogP contribution in [-0.2, 0) is 15.9 Å². The van der Waals surface area contributed by atoms with Crippen LogP contribution in [0.25, 0.3) is 17.3 Å². The van der Waals surface area contributed by atoms with Crippen LogP contribution >= 0.6 is 0 Å². The average molecular weight is 370 g/mol. The third-order valence-corrected chi connectivity index (χ3v) is 5.16. The molecule has 0 N–H and O–H groups in total. The molecule has 0 spiro atoms. The smallest absolute Gasteiger partial charge is 0.398 e. The van der Waals surface area contributed by atoms with E-state index in [1.807, 2.05) is 68.9 Å². The summed E-state index contributed by atoms with van der Waals surface area (Å²) in [6.45, 7) is 12.7. The van der Waals surface area contributed by atoms with Crippen LogP contribution in [0.3, 0.4) is 0 Å². The second-order valence-corrected chi connectivity index (χ2v) is 8.53. The molecule has 0 bridgehead atoms. The van der Waals surface area contributed by atoms with Gasteiger partial charge in [-0.2, -0.15) is 5.10 Å². The highest BCUT2D eigenvalue weighted by Crippen LogP contribution is 2.39. The number of benzene rings is 1. The summed E-state index contributed by atoms with van der Waals surface area (Å²) in [5.74, 6) is 0.443. The van der Waals surface area contributed by atoms with Crippen LogP contribution in [0, 0.1) is 5.92 Å². The minimum absolute atomic E-state index is 0.443. The van der Waals surface area contributed by atoms with E-state index in [1.165, 1.54) is 6.08 Å². The van der Waals surface area contributed by atoms with E-state index in [4.69, 9.17) is 9.31 Å². The first-order valence-electron chi connectivity index (χ1n) is 9.45. The molecule has 0 unspecified atom stereocenters. The molecule has 1 fully saturated rings. The fourth-order valence-electron chi connectivity index (χ4n) is 3.00. The summed E-state index contributed by atoms with van der Waals surface area (Å²) in [4.78, 5) is 0. The van der Waals surface area contributed by atoms with Gasteiger partial charge in [0.25, 0.3) is 0 Å². The maximum absolute atomic E-state index is 15.0. The van der Waals surface area contributed by atoms with Crippen molar-refractivity contribution >= 4 is 13.2 Å². The summed E-state index contributed by atoms with van der Waals surface area (Å²) in [7, 11) is -1.01. The Balaban J connectivity index is 1.96. The third-order valence-electron chi connectivity index (χ3n) is 5.16. The van der Waals surface area contributed by atoms with Crippen molar-refractivity contribution in [2.45, 2.75) is 59.3 Å². The van der Waals surface area contributed by atoms with E-state index in [-0.39, 0.29) is 0 Å². The fraction of sp³-hybridized carbons (Fsp3) is 0.476. The van der Waals surface area contributed by atoms with Gasteiger partial charge in [-0.1, -0.05) is 44.2 Å². The van der Waals surface area contributed by atoms with Crippen LogP contribution in [-0.4, -0.2) is 28.1 Å². The van der Waals surface area contributed by atoms with E-state index < -0.39 is 24.0 Å². The van der Waals surface area contributed by atoms with Crippen molar-refractivity contribution in [3.05, 3.63) is 47.8 Å². The summed E-state index contributed by atoms with van der Waals surface area (Å²) in [6, 6.07) is 9.82. The molecule has 2 heterocycles. The molecule has 0 saturated carbocycles. The zero-order valence-corrected chi connectivity index (χ0v) is 17.0. The molecule has 4 nitrogen and oxygen atoms in total. The molecule has 6 heteroatoms. The first-order valence-corrected chi connectivity index (χ1v) is 9.45. The van der Waals surface area contributed by atoms with Crippen LogP contribution in [0.1, 0.15) is 47.1 Å². The van der Waals surface area contributed by atoms with Gasteiger partial charge in [-0.3, -0.25) is 4.68 Å². The molecule has 1 aliphatic rings. The van der Waals surface area contributed by atoms with Crippen LogP contribution in [0.2, 0.25) is 0 Å². The minimum Gasteiger partial charge on any atom is -0.398 e. The van der Waals surface area contributed by atoms with Crippen molar-refractivity contribution in [1.82, 2.24) is 9.78 Å². The van der Waals surface area contributed by atoms with Crippen molar-refractivity contribution in [2.24, 2.45) is 5.92 Å². The molecule has 0 atom stereocenters. The molecular weight excluding hydrogens is 342 g/mol. The molecule has 2 aromatic rings. The Morgan fingerprint density at radius 1 is 1.15 bits per heavy atom. The Morgan fingerprint density at radius 3 is 2.30 bits per heavy atom. The van der Waals surface area contributed by atoms with Gasteiger partial charge in [0.1, 0.15) is 5.73 Å². The zero-order valence-electron chi connectivity index (χ0n) is 17.0. The minimum atomic E-state index is -1.01. The number of aromatic nitrogens is 2. The number of nitrogens with zero attached hydrogens (tertiary/aromatic N) is 2. The van der Waals surface area contributed by atoms with Gasteiger partial charge in [0.05, 0.1) is 16.9 Å². The average Bonchev–Trinajstić information content (AvgIpc) is 3.05. The highest BCUT2D eigenvalue weighted by Gasteiger charge is 2.53. The Hall–Kier alpha value is -1.92. The number of rotatable bonds is 5. The standard InChI is InChI=1S/C21H28BFN2O2/c1-15(2)13-25-14-17(19(24-25)16-10-8-7-9-11-16)12-18(23)22-26-20(3,4)21(5,6)27-22/h7-12,14-15H,13H2,1-6H3. The molecule has 144 valence electrons. The zero-order chi connectivity index (χ0) is 19.8. The number of halogens is 1. The Kier molecular flexibility index (Phi) is 5.32. The lowest BCUT2D eigenvalue weighted by Crippen LogP contribution is -2.41. The maximum atomic E-state index is 15.0. The lowest BCUT2D eigenvalue weighted by Gasteiger charge is -2.32. The summed E-state index contributed by atoms with van der Waals surface area (Å²) in [5.41, 5.74) is 0.819. The second kappa shape index (κ2) is 7.25. The predicted molar refractivity (Wildman–Crippen MR) is 108 cm³/mol. The van der Waals surface area contributed by atoms with Gasteiger partial charge in [-0.25, -0.2) is 4.39 Å². The van der Waals surface area contributed by atoms with E-state index in [2.05, 4.69) is 18.9 Å². The van der Waals surface area contributed by atoms with Crippen LogP contribution < -0.4 is 0 Å². The molecule has 1 saturated heterocycles. The van der Waals surface area contributed by atoms with Crippen LogP contribution in [0.5, 0.6) is 0 Å².